The monoisotopic (exact) mass is 294 g/mol. The molecule has 2 rings (SSSR count). The zero-order chi connectivity index (χ0) is 14.5. The fourth-order valence-electron chi connectivity index (χ4n) is 2.76. The lowest BCUT2D eigenvalue weighted by molar-refractivity contribution is -0.125. The fraction of sp³-hybridized carbons (Fsp3) is 0.562. The van der Waals surface area contributed by atoms with Gasteiger partial charge in [-0.2, -0.15) is 0 Å². The maximum atomic E-state index is 12.3. The van der Waals surface area contributed by atoms with Crippen molar-refractivity contribution in [2.45, 2.75) is 39.3 Å². The van der Waals surface area contributed by atoms with Crippen molar-refractivity contribution in [2.75, 3.05) is 13.1 Å². The molecule has 1 aromatic carbocycles. The summed E-state index contributed by atoms with van der Waals surface area (Å²) >= 11 is 5.95. The van der Waals surface area contributed by atoms with Crippen LogP contribution in [-0.4, -0.2) is 29.9 Å². The summed E-state index contributed by atoms with van der Waals surface area (Å²) in [7, 11) is 0. The zero-order valence-corrected chi connectivity index (χ0v) is 13.0. The summed E-state index contributed by atoms with van der Waals surface area (Å²) in [5.74, 6) is 0.736. The lowest BCUT2D eigenvalue weighted by Gasteiger charge is -2.25. The molecule has 1 heterocycles. The zero-order valence-electron chi connectivity index (χ0n) is 12.2. The Morgan fingerprint density at radius 3 is 3.00 bits per heavy atom. The summed E-state index contributed by atoms with van der Waals surface area (Å²) in [4.78, 5) is 14.6. The van der Waals surface area contributed by atoms with Crippen molar-refractivity contribution in [3.63, 3.8) is 0 Å². The number of benzene rings is 1. The number of halogens is 1. The van der Waals surface area contributed by atoms with E-state index in [0.29, 0.717) is 17.5 Å². The number of nitrogens with zero attached hydrogens (tertiary/aromatic N) is 1. The molecule has 1 aliphatic heterocycles. The molecule has 0 aliphatic carbocycles. The van der Waals surface area contributed by atoms with Crippen LogP contribution in [-0.2, 0) is 11.3 Å². The van der Waals surface area contributed by atoms with Gasteiger partial charge < -0.3 is 5.32 Å². The normalized spacial score (nSPS) is 19.5. The lowest BCUT2D eigenvalue weighted by atomic mass is 10.1. The van der Waals surface area contributed by atoms with Crippen molar-refractivity contribution in [1.82, 2.24) is 10.2 Å². The van der Waals surface area contributed by atoms with Crippen molar-refractivity contribution in [1.29, 1.82) is 0 Å². The fourth-order valence-corrected chi connectivity index (χ4v) is 2.98. The van der Waals surface area contributed by atoms with Crippen LogP contribution in [0.2, 0.25) is 5.02 Å². The molecule has 20 heavy (non-hydrogen) atoms. The molecule has 1 amide bonds. The number of hydrogen-bond donors (Lipinski definition) is 1. The number of hydrogen-bond acceptors (Lipinski definition) is 2. The quantitative estimate of drug-likeness (QED) is 0.905. The maximum absolute atomic E-state index is 12.3. The highest BCUT2D eigenvalue weighted by molar-refractivity contribution is 6.30. The van der Waals surface area contributed by atoms with Gasteiger partial charge in [0.15, 0.2) is 0 Å². The Kier molecular flexibility index (Phi) is 5.44. The molecule has 1 saturated heterocycles. The van der Waals surface area contributed by atoms with Crippen LogP contribution in [0, 0.1) is 5.92 Å². The lowest BCUT2D eigenvalue weighted by Crippen LogP contribution is -2.44. The molecular weight excluding hydrogens is 272 g/mol. The van der Waals surface area contributed by atoms with Crippen LogP contribution >= 0.6 is 11.6 Å². The molecule has 0 aromatic heterocycles. The van der Waals surface area contributed by atoms with E-state index in [1.165, 1.54) is 0 Å². The minimum Gasteiger partial charge on any atom is -0.351 e. The second kappa shape index (κ2) is 7.09. The molecule has 3 nitrogen and oxygen atoms in total. The van der Waals surface area contributed by atoms with E-state index in [2.05, 4.69) is 24.1 Å². The van der Waals surface area contributed by atoms with Crippen LogP contribution < -0.4 is 5.32 Å². The summed E-state index contributed by atoms with van der Waals surface area (Å²) in [6, 6.07) is 7.66. The van der Waals surface area contributed by atoms with Gasteiger partial charge in [-0.05, 0) is 43.0 Å². The van der Waals surface area contributed by atoms with E-state index >= 15 is 0 Å². The highest BCUT2D eigenvalue weighted by Gasteiger charge is 2.30. The topological polar surface area (TPSA) is 32.3 Å². The summed E-state index contributed by atoms with van der Waals surface area (Å²) in [6.45, 7) is 6.96. The van der Waals surface area contributed by atoms with Gasteiger partial charge in [0.05, 0.1) is 6.04 Å². The maximum Gasteiger partial charge on any atom is 0.237 e. The van der Waals surface area contributed by atoms with E-state index in [0.717, 1.165) is 31.5 Å². The Balaban J connectivity index is 1.88. The molecule has 0 bridgehead atoms. The van der Waals surface area contributed by atoms with Gasteiger partial charge in [-0.25, -0.2) is 0 Å². The predicted octanol–water partition coefficient (Wildman–Crippen LogP) is 3.08. The molecule has 0 saturated carbocycles. The van der Waals surface area contributed by atoms with E-state index < -0.39 is 0 Å². The number of likely N-dealkylation sites (tertiary alicyclic amines) is 1. The Hall–Kier alpha value is -1.06. The second-order valence-electron chi connectivity index (χ2n) is 5.89. The van der Waals surface area contributed by atoms with Gasteiger partial charge in [-0.3, -0.25) is 9.69 Å². The molecule has 0 radical (unpaired) electrons. The first-order valence-corrected chi connectivity index (χ1v) is 7.70. The van der Waals surface area contributed by atoms with Crippen molar-refractivity contribution in [2.24, 2.45) is 5.92 Å². The SMILES string of the molecule is CC(C)CN1CCC[C@@H]1C(=O)NCc1cccc(Cl)c1. The van der Waals surface area contributed by atoms with Crippen LogP contribution in [0.4, 0.5) is 0 Å². The molecule has 0 spiro atoms. The smallest absolute Gasteiger partial charge is 0.237 e. The average molecular weight is 295 g/mol. The summed E-state index contributed by atoms with van der Waals surface area (Å²) in [5, 5.41) is 3.74. The molecule has 4 heteroatoms. The summed E-state index contributed by atoms with van der Waals surface area (Å²) in [5.41, 5.74) is 1.04. The Bertz CT molecular complexity index is 462. The van der Waals surface area contributed by atoms with Gasteiger partial charge in [-0.15, -0.1) is 0 Å². The van der Waals surface area contributed by atoms with Crippen molar-refractivity contribution >= 4 is 17.5 Å². The third-order valence-corrected chi connectivity index (χ3v) is 3.86. The Morgan fingerprint density at radius 2 is 2.30 bits per heavy atom. The minimum atomic E-state index is 0.0385. The van der Waals surface area contributed by atoms with Crippen LogP contribution in [0.25, 0.3) is 0 Å². The van der Waals surface area contributed by atoms with Crippen LogP contribution in [0.15, 0.2) is 24.3 Å². The van der Waals surface area contributed by atoms with Gasteiger partial charge in [0, 0.05) is 18.1 Å². The van der Waals surface area contributed by atoms with Crippen LogP contribution in [0.3, 0.4) is 0 Å². The second-order valence-corrected chi connectivity index (χ2v) is 6.33. The number of nitrogens with one attached hydrogen (secondary N) is 1. The van der Waals surface area contributed by atoms with Gasteiger partial charge in [-0.1, -0.05) is 37.6 Å². The summed E-state index contributed by atoms with van der Waals surface area (Å²) < 4.78 is 0. The van der Waals surface area contributed by atoms with E-state index in [-0.39, 0.29) is 11.9 Å². The average Bonchev–Trinajstić information content (AvgIpc) is 2.83. The molecule has 1 aromatic rings. The minimum absolute atomic E-state index is 0.0385. The highest BCUT2D eigenvalue weighted by Crippen LogP contribution is 2.19. The first-order valence-electron chi connectivity index (χ1n) is 7.32. The van der Waals surface area contributed by atoms with Crippen molar-refractivity contribution in [3.8, 4) is 0 Å². The highest BCUT2D eigenvalue weighted by atomic mass is 35.5. The Morgan fingerprint density at radius 1 is 1.50 bits per heavy atom. The molecule has 110 valence electrons. The van der Waals surface area contributed by atoms with E-state index in [9.17, 15) is 4.79 Å². The summed E-state index contributed by atoms with van der Waals surface area (Å²) in [6.07, 6.45) is 2.08. The molecule has 1 N–H and O–H groups in total. The van der Waals surface area contributed by atoms with Crippen LogP contribution in [0.5, 0.6) is 0 Å². The number of carbonyl (C=O) groups is 1. The van der Waals surface area contributed by atoms with Gasteiger partial charge in [0.25, 0.3) is 0 Å². The number of carbonyl (C=O) groups excluding carboxylic acids is 1. The van der Waals surface area contributed by atoms with Crippen molar-refractivity contribution in [3.05, 3.63) is 34.9 Å². The van der Waals surface area contributed by atoms with E-state index in [4.69, 9.17) is 11.6 Å². The predicted molar refractivity (Wildman–Crippen MR) is 82.7 cm³/mol. The van der Waals surface area contributed by atoms with Gasteiger partial charge in [0.1, 0.15) is 0 Å². The first-order chi connectivity index (χ1) is 9.56. The molecule has 1 aliphatic rings. The van der Waals surface area contributed by atoms with E-state index in [1.807, 2.05) is 24.3 Å². The third-order valence-electron chi connectivity index (χ3n) is 3.62. The van der Waals surface area contributed by atoms with Gasteiger partial charge >= 0.3 is 0 Å². The Labute approximate surface area is 126 Å². The standard InChI is InChI=1S/C16H23ClN2O/c1-12(2)11-19-8-4-7-15(19)16(20)18-10-13-5-3-6-14(17)9-13/h3,5-6,9,12,15H,4,7-8,10-11H2,1-2H3,(H,18,20)/t15-/m1/s1. The number of rotatable bonds is 5. The van der Waals surface area contributed by atoms with E-state index in [1.54, 1.807) is 0 Å². The van der Waals surface area contributed by atoms with Crippen molar-refractivity contribution < 1.29 is 4.79 Å². The van der Waals surface area contributed by atoms with Gasteiger partial charge in [0.2, 0.25) is 5.91 Å². The first kappa shape index (κ1) is 15.3. The molecule has 0 unspecified atom stereocenters. The van der Waals surface area contributed by atoms with Crippen LogP contribution in [0.1, 0.15) is 32.3 Å². The molecule has 1 atom stereocenters. The third kappa shape index (κ3) is 4.22. The number of amides is 1. The molecular formula is C16H23ClN2O. The molecule has 1 fully saturated rings. The largest absolute Gasteiger partial charge is 0.351 e.